The first-order chi connectivity index (χ1) is 10.1. The van der Waals surface area contributed by atoms with E-state index < -0.39 is 6.09 Å². The molecule has 108 valence electrons. The Hall–Kier alpha value is -2.82. The molecular formula is C16H16N2O3. The van der Waals surface area contributed by atoms with Crippen molar-refractivity contribution in [1.82, 2.24) is 5.32 Å². The van der Waals surface area contributed by atoms with Gasteiger partial charge in [0.15, 0.2) is 0 Å². The van der Waals surface area contributed by atoms with Crippen molar-refractivity contribution >= 4 is 17.7 Å². The minimum atomic E-state index is -0.599. The van der Waals surface area contributed by atoms with Gasteiger partial charge < -0.3 is 10.1 Å². The molecule has 0 atom stereocenters. The lowest BCUT2D eigenvalue weighted by Crippen LogP contribution is -2.21. The molecule has 2 aromatic carbocycles. The summed E-state index contributed by atoms with van der Waals surface area (Å²) in [6, 6.07) is 13.9. The van der Waals surface area contributed by atoms with Crippen LogP contribution in [0.25, 0.3) is 0 Å². The van der Waals surface area contributed by atoms with Crippen LogP contribution in [0, 0.1) is 6.92 Å². The maximum Gasteiger partial charge on any atom is 0.417 e. The van der Waals surface area contributed by atoms with Crippen molar-refractivity contribution in [3.63, 3.8) is 0 Å². The van der Waals surface area contributed by atoms with Gasteiger partial charge in [-0.15, -0.1) is 0 Å². The smallest absolute Gasteiger partial charge is 0.410 e. The van der Waals surface area contributed by atoms with Crippen LogP contribution in [-0.4, -0.2) is 19.0 Å². The van der Waals surface area contributed by atoms with Gasteiger partial charge in [0.05, 0.1) is 0 Å². The lowest BCUT2D eigenvalue weighted by molar-refractivity contribution is 0.0962. The van der Waals surface area contributed by atoms with Gasteiger partial charge >= 0.3 is 6.09 Å². The van der Waals surface area contributed by atoms with Crippen LogP contribution in [0.15, 0.2) is 48.5 Å². The highest BCUT2D eigenvalue weighted by Gasteiger charge is 2.12. The number of para-hydroxylation sites is 1. The fraction of sp³-hybridized carbons (Fsp3) is 0.125. The maximum atomic E-state index is 11.9. The first-order valence-electron chi connectivity index (χ1n) is 6.47. The van der Waals surface area contributed by atoms with Crippen molar-refractivity contribution in [3.05, 3.63) is 59.7 Å². The van der Waals surface area contributed by atoms with Crippen LogP contribution in [0.3, 0.4) is 0 Å². The summed E-state index contributed by atoms with van der Waals surface area (Å²) >= 11 is 0. The molecule has 2 aromatic rings. The van der Waals surface area contributed by atoms with E-state index in [1.807, 2.05) is 6.07 Å². The van der Waals surface area contributed by atoms with Crippen LogP contribution in [-0.2, 0) is 0 Å². The Morgan fingerprint density at radius 3 is 2.38 bits per heavy atom. The Morgan fingerprint density at radius 2 is 1.71 bits per heavy atom. The predicted octanol–water partition coefficient (Wildman–Crippen LogP) is 2.97. The molecule has 0 fully saturated rings. The summed E-state index contributed by atoms with van der Waals surface area (Å²) in [5.41, 5.74) is 1.73. The van der Waals surface area contributed by atoms with E-state index in [1.165, 1.54) is 0 Å². The number of rotatable bonds is 3. The summed E-state index contributed by atoms with van der Waals surface area (Å²) in [5.74, 6) is 0.252. The number of amides is 2. The van der Waals surface area contributed by atoms with Gasteiger partial charge in [-0.25, -0.2) is 4.79 Å². The molecule has 0 radical (unpaired) electrons. The average Bonchev–Trinajstić information content (AvgIpc) is 2.49. The first kappa shape index (κ1) is 14.6. The van der Waals surface area contributed by atoms with E-state index in [4.69, 9.17) is 4.74 Å². The fourth-order valence-corrected chi connectivity index (χ4v) is 1.88. The molecule has 5 heteroatoms. The number of anilines is 1. The minimum Gasteiger partial charge on any atom is -0.410 e. The Balaban J connectivity index is 2.13. The molecule has 0 aliphatic carbocycles. The molecule has 2 amide bonds. The van der Waals surface area contributed by atoms with Crippen LogP contribution in [0.1, 0.15) is 15.9 Å². The summed E-state index contributed by atoms with van der Waals surface area (Å²) in [4.78, 5) is 23.6. The normalized spacial score (nSPS) is 9.81. The number of hydrogen-bond donors (Lipinski definition) is 2. The second kappa shape index (κ2) is 6.56. The number of carbonyl (C=O) groups excluding carboxylic acids is 2. The van der Waals surface area contributed by atoms with Gasteiger partial charge in [-0.3, -0.25) is 10.1 Å². The third-order valence-corrected chi connectivity index (χ3v) is 3.00. The molecule has 0 saturated carbocycles. The Kier molecular flexibility index (Phi) is 4.56. The SMILES string of the molecule is CNC(=O)c1cccc(NC(=O)Oc2ccccc2)c1C. The standard InChI is InChI=1S/C16H16N2O3/c1-11-13(15(19)17-2)9-6-10-14(11)18-16(20)21-12-7-4-3-5-8-12/h3-10H,1-2H3,(H,17,19)(H,18,20). The van der Waals surface area contributed by atoms with E-state index >= 15 is 0 Å². The number of benzene rings is 2. The second-order valence-electron chi connectivity index (χ2n) is 4.38. The lowest BCUT2D eigenvalue weighted by atomic mass is 10.1. The van der Waals surface area contributed by atoms with E-state index in [-0.39, 0.29) is 5.91 Å². The number of carbonyl (C=O) groups is 2. The molecule has 2 N–H and O–H groups in total. The predicted molar refractivity (Wildman–Crippen MR) is 80.7 cm³/mol. The topological polar surface area (TPSA) is 67.4 Å². The quantitative estimate of drug-likeness (QED) is 0.910. The lowest BCUT2D eigenvalue weighted by Gasteiger charge is -2.11. The van der Waals surface area contributed by atoms with Crippen LogP contribution in [0.5, 0.6) is 5.75 Å². The highest BCUT2D eigenvalue weighted by Crippen LogP contribution is 2.19. The molecule has 0 unspecified atom stereocenters. The number of nitrogens with one attached hydrogen (secondary N) is 2. The van der Waals surface area contributed by atoms with Gasteiger partial charge in [0.2, 0.25) is 0 Å². The molecule has 2 rings (SSSR count). The second-order valence-corrected chi connectivity index (χ2v) is 4.38. The summed E-state index contributed by atoms with van der Waals surface area (Å²) in [7, 11) is 1.56. The van der Waals surface area contributed by atoms with E-state index in [1.54, 1.807) is 56.4 Å². The van der Waals surface area contributed by atoms with Gasteiger partial charge in [0.1, 0.15) is 5.75 Å². The van der Waals surface area contributed by atoms with E-state index in [0.29, 0.717) is 22.6 Å². The molecule has 0 aromatic heterocycles. The van der Waals surface area contributed by atoms with E-state index in [2.05, 4.69) is 10.6 Å². The van der Waals surface area contributed by atoms with Crippen molar-refractivity contribution in [1.29, 1.82) is 0 Å². The van der Waals surface area contributed by atoms with Crippen molar-refractivity contribution < 1.29 is 14.3 Å². The third kappa shape index (κ3) is 3.60. The molecule has 0 aliphatic heterocycles. The summed E-state index contributed by atoms with van der Waals surface area (Å²) in [6.45, 7) is 1.77. The van der Waals surface area contributed by atoms with E-state index in [9.17, 15) is 9.59 Å². The minimum absolute atomic E-state index is 0.201. The Bertz CT molecular complexity index is 654. The average molecular weight is 284 g/mol. The van der Waals surface area contributed by atoms with Gasteiger partial charge in [-0.05, 0) is 36.8 Å². The summed E-state index contributed by atoms with van der Waals surface area (Å²) in [6.07, 6.45) is -0.599. The summed E-state index contributed by atoms with van der Waals surface area (Å²) < 4.78 is 5.15. The van der Waals surface area contributed by atoms with Gasteiger partial charge in [0.25, 0.3) is 5.91 Å². The Morgan fingerprint density at radius 1 is 1.00 bits per heavy atom. The molecule has 21 heavy (non-hydrogen) atoms. The molecule has 0 aliphatic rings. The first-order valence-corrected chi connectivity index (χ1v) is 6.47. The largest absolute Gasteiger partial charge is 0.417 e. The van der Waals surface area contributed by atoms with Crippen molar-refractivity contribution in [2.24, 2.45) is 0 Å². The van der Waals surface area contributed by atoms with Crippen molar-refractivity contribution in [2.45, 2.75) is 6.92 Å². The van der Waals surface area contributed by atoms with Crippen LogP contribution in [0.4, 0.5) is 10.5 Å². The van der Waals surface area contributed by atoms with Crippen molar-refractivity contribution in [2.75, 3.05) is 12.4 Å². The highest BCUT2D eigenvalue weighted by atomic mass is 16.6. The molecule has 0 spiro atoms. The van der Waals surface area contributed by atoms with Crippen LogP contribution < -0.4 is 15.4 Å². The molecule has 5 nitrogen and oxygen atoms in total. The zero-order chi connectivity index (χ0) is 15.2. The monoisotopic (exact) mass is 284 g/mol. The molecule has 0 bridgehead atoms. The fourth-order valence-electron chi connectivity index (χ4n) is 1.88. The summed E-state index contributed by atoms with van der Waals surface area (Å²) in [5, 5.41) is 5.20. The maximum absolute atomic E-state index is 11.9. The van der Waals surface area contributed by atoms with Crippen molar-refractivity contribution in [3.8, 4) is 5.75 Å². The number of ether oxygens (including phenoxy) is 1. The third-order valence-electron chi connectivity index (χ3n) is 3.00. The zero-order valence-corrected chi connectivity index (χ0v) is 11.8. The number of hydrogen-bond acceptors (Lipinski definition) is 3. The van der Waals surface area contributed by atoms with Gasteiger partial charge in [-0.2, -0.15) is 0 Å². The van der Waals surface area contributed by atoms with Crippen LogP contribution >= 0.6 is 0 Å². The van der Waals surface area contributed by atoms with Gasteiger partial charge in [0, 0.05) is 18.3 Å². The Labute approximate surface area is 122 Å². The van der Waals surface area contributed by atoms with Gasteiger partial charge in [-0.1, -0.05) is 24.3 Å². The molecule has 0 saturated heterocycles. The molecular weight excluding hydrogens is 268 g/mol. The van der Waals surface area contributed by atoms with Crippen LogP contribution in [0.2, 0.25) is 0 Å². The highest BCUT2D eigenvalue weighted by molar-refractivity contribution is 5.98. The van der Waals surface area contributed by atoms with E-state index in [0.717, 1.165) is 0 Å². The zero-order valence-electron chi connectivity index (χ0n) is 11.8. The molecule has 0 heterocycles.